The van der Waals surface area contributed by atoms with Gasteiger partial charge in [0.1, 0.15) is 0 Å². The number of alkyl halides is 3. The molecular formula is C32H39F4N3O4S. The van der Waals surface area contributed by atoms with Crippen LogP contribution in [0.25, 0.3) is 0 Å². The molecule has 240 valence electrons. The van der Waals surface area contributed by atoms with Crippen LogP contribution >= 0.6 is 10.8 Å². The highest BCUT2D eigenvalue weighted by molar-refractivity contribution is 8.25. The van der Waals surface area contributed by atoms with Gasteiger partial charge in [-0.2, -0.15) is 13.2 Å². The number of aryl methyl sites for hydroxylation is 1. The van der Waals surface area contributed by atoms with E-state index in [1.165, 1.54) is 16.4 Å². The summed E-state index contributed by atoms with van der Waals surface area (Å²) in [5.41, 5.74) is 0.763. The zero-order valence-electron chi connectivity index (χ0n) is 24.5. The molecule has 1 heterocycles. The molecule has 0 aromatic heterocycles. The number of hydrogen-bond acceptors (Lipinski definition) is 6. The van der Waals surface area contributed by atoms with Crippen LogP contribution in [0.15, 0.2) is 66.7 Å². The minimum absolute atomic E-state index is 0.0382. The lowest BCUT2D eigenvalue weighted by molar-refractivity contribution is -0.137. The van der Waals surface area contributed by atoms with Crippen LogP contribution in [-0.4, -0.2) is 51.1 Å². The summed E-state index contributed by atoms with van der Waals surface area (Å²) in [6.07, 6.45) is -2.95. The van der Waals surface area contributed by atoms with E-state index in [1.807, 2.05) is 37.3 Å². The zero-order chi connectivity index (χ0) is 31.9. The van der Waals surface area contributed by atoms with Crippen LogP contribution in [0.2, 0.25) is 0 Å². The van der Waals surface area contributed by atoms with E-state index in [0.717, 1.165) is 24.1 Å². The van der Waals surface area contributed by atoms with E-state index < -0.39 is 46.4 Å². The number of carbonyl (C=O) groups excluding carboxylic acids is 1. The molecule has 5 N–H and O–H groups in total. The Balaban J connectivity index is 1.55. The van der Waals surface area contributed by atoms with Gasteiger partial charge in [-0.3, -0.25) is 18.2 Å². The first-order valence-corrected chi connectivity index (χ1v) is 16.3. The Morgan fingerprint density at radius 3 is 2.41 bits per heavy atom. The van der Waals surface area contributed by atoms with Crippen LogP contribution in [0.5, 0.6) is 0 Å². The Bertz CT molecular complexity index is 1410. The molecular weight excluding hydrogens is 598 g/mol. The highest BCUT2D eigenvalue weighted by Crippen LogP contribution is 2.50. The molecule has 7 nitrogen and oxygen atoms in total. The van der Waals surface area contributed by atoms with E-state index in [2.05, 4.69) is 10.6 Å². The lowest BCUT2D eigenvalue weighted by atomic mass is 9.99. The number of benzene rings is 3. The van der Waals surface area contributed by atoms with Crippen LogP contribution in [0.4, 0.5) is 23.2 Å². The number of nitrogens with one attached hydrogen (secondary N) is 2. The van der Waals surface area contributed by atoms with Crippen molar-refractivity contribution < 1.29 is 36.6 Å². The highest BCUT2D eigenvalue weighted by atomic mass is 32.3. The summed E-state index contributed by atoms with van der Waals surface area (Å²) in [7, 11) is -3.24. The largest absolute Gasteiger partial charge is 0.416 e. The molecule has 3 aromatic carbocycles. The Kier molecular flexibility index (Phi) is 11.3. The summed E-state index contributed by atoms with van der Waals surface area (Å²) in [5, 5.41) is 16.9. The first-order chi connectivity index (χ1) is 20.9. The number of amides is 1. The molecule has 3 aromatic rings. The predicted octanol–water partition coefficient (Wildman–Crippen LogP) is 6.55. The topological polar surface area (TPSA) is 105 Å². The van der Waals surface area contributed by atoms with Gasteiger partial charge < -0.3 is 15.7 Å². The minimum atomic E-state index is -4.48. The van der Waals surface area contributed by atoms with Gasteiger partial charge in [0.2, 0.25) is 0 Å². The van der Waals surface area contributed by atoms with Crippen molar-refractivity contribution in [1.82, 2.24) is 10.6 Å². The van der Waals surface area contributed by atoms with Crippen molar-refractivity contribution in [3.63, 3.8) is 0 Å². The second kappa shape index (κ2) is 14.7. The van der Waals surface area contributed by atoms with E-state index >= 15 is 4.39 Å². The Labute approximate surface area is 256 Å². The van der Waals surface area contributed by atoms with Gasteiger partial charge in [0.15, 0.2) is 5.82 Å². The lowest BCUT2D eigenvalue weighted by Crippen LogP contribution is -2.49. The number of anilines is 1. The third-order valence-electron chi connectivity index (χ3n) is 7.56. The lowest BCUT2D eigenvalue weighted by Gasteiger charge is -2.47. The van der Waals surface area contributed by atoms with E-state index in [-0.39, 0.29) is 43.1 Å². The summed E-state index contributed by atoms with van der Waals surface area (Å²) < 4.78 is 77.9. The Morgan fingerprint density at radius 1 is 1.00 bits per heavy atom. The van der Waals surface area contributed by atoms with Crippen molar-refractivity contribution in [2.45, 2.75) is 63.9 Å². The van der Waals surface area contributed by atoms with Gasteiger partial charge in [-0.1, -0.05) is 61.9 Å². The van der Waals surface area contributed by atoms with Crippen molar-refractivity contribution in [2.24, 2.45) is 0 Å². The van der Waals surface area contributed by atoms with Crippen molar-refractivity contribution >= 4 is 22.4 Å². The molecule has 12 heteroatoms. The third kappa shape index (κ3) is 8.72. The maximum Gasteiger partial charge on any atom is 0.416 e. The number of nitrogens with zero attached hydrogens (tertiary/aromatic N) is 1. The number of halogens is 4. The van der Waals surface area contributed by atoms with E-state index in [0.29, 0.717) is 30.4 Å². The number of rotatable bonds is 12. The van der Waals surface area contributed by atoms with Gasteiger partial charge in [-0.15, -0.1) is 10.8 Å². The monoisotopic (exact) mass is 637 g/mol. The van der Waals surface area contributed by atoms with Crippen molar-refractivity contribution in [3.05, 3.63) is 100 Å². The summed E-state index contributed by atoms with van der Waals surface area (Å²) in [5.74, 6) is -1.53. The van der Waals surface area contributed by atoms with Gasteiger partial charge in [0, 0.05) is 19.6 Å². The van der Waals surface area contributed by atoms with Crippen LogP contribution in [-0.2, 0) is 25.6 Å². The second-order valence-electron chi connectivity index (χ2n) is 11.0. The first-order valence-electron chi connectivity index (χ1n) is 14.6. The second-order valence-corrected chi connectivity index (χ2v) is 13.2. The number of aliphatic hydroxyl groups is 1. The standard InChI is InChI=1S/C32H39F4N3O4S/c1-2-9-23-17-26(30(33)28(19-23)39-14-6-7-15-44(39,42)43)31(41)38-27(18-22-10-4-3-5-11-22)29(40)21-37-20-24-12-8-13-25(16-24)32(34,35)36/h3-5,8,10-13,16-17,19,27,29,37,40,42-43H,2,6-7,9,14-15,18,20-21H2,1H3,(H,38,41). The number of aliphatic hydroxyl groups excluding tert-OH is 1. The fourth-order valence-corrected chi connectivity index (χ4v) is 6.98. The predicted molar refractivity (Wildman–Crippen MR) is 165 cm³/mol. The minimum Gasteiger partial charge on any atom is -0.390 e. The molecule has 1 fully saturated rings. The first kappa shape index (κ1) is 33.7. The summed E-state index contributed by atoms with van der Waals surface area (Å²) >= 11 is 0. The maximum absolute atomic E-state index is 16.0. The average Bonchev–Trinajstić information content (AvgIpc) is 2.98. The maximum atomic E-state index is 16.0. The molecule has 1 saturated heterocycles. The Hall–Kier alpha value is -3.16. The van der Waals surface area contributed by atoms with Crippen molar-refractivity contribution in [2.75, 3.05) is 23.1 Å². The molecule has 0 aliphatic carbocycles. The highest BCUT2D eigenvalue weighted by Gasteiger charge is 2.32. The molecule has 0 spiro atoms. The quantitative estimate of drug-likeness (QED) is 0.144. The summed E-state index contributed by atoms with van der Waals surface area (Å²) in [4.78, 5) is 13.6. The molecule has 1 amide bonds. The van der Waals surface area contributed by atoms with E-state index in [4.69, 9.17) is 0 Å². The molecule has 2 atom stereocenters. The van der Waals surface area contributed by atoms with Gasteiger partial charge >= 0.3 is 6.18 Å². The summed E-state index contributed by atoms with van der Waals surface area (Å²) in [6, 6.07) is 16.1. The Morgan fingerprint density at radius 2 is 1.73 bits per heavy atom. The van der Waals surface area contributed by atoms with Gasteiger partial charge in [0.25, 0.3) is 5.91 Å². The van der Waals surface area contributed by atoms with E-state index in [1.54, 1.807) is 12.1 Å². The van der Waals surface area contributed by atoms with Crippen LogP contribution in [0.3, 0.4) is 0 Å². The normalized spacial score (nSPS) is 17.1. The van der Waals surface area contributed by atoms with E-state index in [9.17, 15) is 32.2 Å². The van der Waals surface area contributed by atoms with Crippen LogP contribution < -0.4 is 14.9 Å². The van der Waals surface area contributed by atoms with Gasteiger partial charge in [-0.05, 0) is 60.6 Å². The van der Waals surface area contributed by atoms with Crippen LogP contribution in [0, 0.1) is 5.82 Å². The summed E-state index contributed by atoms with van der Waals surface area (Å²) in [6.45, 7) is 2.16. The smallest absolute Gasteiger partial charge is 0.390 e. The van der Waals surface area contributed by atoms with Gasteiger partial charge in [0.05, 0.1) is 34.7 Å². The van der Waals surface area contributed by atoms with Gasteiger partial charge in [-0.25, -0.2) is 4.39 Å². The molecule has 1 aliphatic rings. The van der Waals surface area contributed by atoms with Crippen LogP contribution in [0.1, 0.15) is 58.8 Å². The number of carbonyl (C=O) groups is 1. The fraction of sp³-hybridized carbons (Fsp3) is 0.406. The molecule has 0 bridgehead atoms. The molecule has 4 rings (SSSR count). The SMILES string of the molecule is CCCc1cc(C(=O)NC(Cc2ccccc2)C(O)CNCc2cccc(C(F)(F)F)c2)c(F)c(N2CCCCS2(O)O)c1. The molecule has 2 unspecified atom stereocenters. The molecule has 0 saturated carbocycles. The molecule has 0 radical (unpaired) electrons. The average molecular weight is 638 g/mol. The molecule has 1 aliphatic heterocycles. The van der Waals surface area contributed by atoms with Crippen molar-refractivity contribution in [3.8, 4) is 0 Å². The molecule has 44 heavy (non-hydrogen) atoms. The third-order valence-corrected chi connectivity index (χ3v) is 9.49. The number of hydrogen-bond donors (Lipinski definition) is 5. The van der Waals surface area contributed by atoms with Crippen molar-refractivity contribution in [1.29, 1.82) is 0 Å². The fourth-order valence-electron chi connectivity index (χ4n) is 5.29. The zero-order valence-corrected chi connectivity index (χ0v) is 25.3.